The van der Waals surface area contributed by atoms with Crippen molar-refractivity contribution in [3.05, 3.63) is 68.1 Å². The van der Waals surface area contributed by atoms with Crippen molar-refractivity contribution in [2.24, 2.45) is 0 Å². The lowest BCUT2D eigenvalue weighted by atomic mass is 10.1. The Morgan fingerprint density at radius 3 is 2.83 bits per heavy atom. The van der Waals surface area contributed by atoms with Crippen LogP contribution in [0.4, 0.5) is 0 Å². The molecule has 0 aliphatic carbocycles. The zero-order valence-corrected chi connectivity index (χ0v) is 15.1. The lowest BCUT2D eigenvalue weighted by molar-refractivity contribution is -0.122. The molecule has 0 spiro atoms. The Balaban J connectivity index is 1.79. The summed E-state index contributed by atoms with van der Waals surface area (Å²) in [4.78, 5) is 24.3. The van der Waals surface area contributed by atoms with Gasteiger partial charge >= 0.3 is 5.76 Å². The number of fused-ring (bicyclic) bond motifs is 1. The molecule has 3 aromatic rings. The first kappa shape index (κ1) is 16.8. The van der Waals surface area contributed by atoms with Gasteiger partial charge in [0.05, 0.1) is 11.6 Å². The van der Waals surface area contributed by atoms with E-state index in [-0.39, 0.29) is 18.5 Å². The second-order valence-corrected chi connectivity index (χ2v) is 6.67. The summed E-state index contributed by atoms with van der Waals surface area (Å²) in [7, 11) is 0. The summed E-state index contributed by atoms with van der Waals surface area (Å²) in [5.74, 6) is -0.867. The number of nitrogens with one attached hydrogen (secondary N) is 1. The fourth-order valence-corrected chi connectivity index (χ4v) is 3.31. The third kappa shape index (κ3) is 3.39. The number of oxazole rings is 1. The first-order valence-corrected chi connectivity index (χ1v) is 8.45. The number of nitrogens with zero attached hydrogens (tertiary/aromatic N) is 1. The van der Waals surface area contributed by atoms with E-state index in [4.69, 9.17) is 16.0 Å². The van der Waals surface area contributed by atoms with Gasteiger partial charge in [-0.3, -0.25) is 9.36 Å². The van der Waals surface area contributed by atoms with Gasteiger partial charge in [0.1, 0.15) is 6.54 Å². The van der Waals surface area contributed by atoms with E-state index in [1.165, 1.54) is 4.57 Å². The molecule has 1 atom stereocenters. The molecule has 124 valence electrons. The zero-order chi connectivity index (χ0) is 17.3. The molecule has 0 unspecified atom stereocenters. The molecule has 24 heavy (non-hydrogen) atoms. The van der Waals surface area contributed by atoms with Gasteiger partial charge in [-0.05, 0) is 30.7 Å². The minimum atomic E-state index is -0.587. The molecule has 1 amide bonds. The van der Waals surface area contributed by atoms with E-state index in [1.54, 1.807) is 18.2 Å². The minimum absolute atomic E-state index is 0.123. The molecular weight excluding hydrogens is 396 g/mol. The van der Waals surface area contributed by atoms with Crippen LogP contribution in [0.15, 0.2) is 56.1 Å². The van der Waals surface area contributed by atoms with Crippen LogP contribution in [0.5, 0.6) is 0 Å². The van der Waals surface area contributed by atoms with Crippen molar-refractivity contribution < 1.29 is 9.21 Å². The van der Waals surface area contributed by atoms with Crippen molar-refractivity contribution in [1.82, 2.24) is 9.88 Å². The van der Waals surface area contributed by atoms with Crippen LogP contribution < -0.4 is 11.1 Å². The fraction of sp³-hybridized carbons (Fsp3) is 0.176. The molecule has 1 N–H and O–H groups in total. The predicted octanol–water partition coefficient (Wildman–Crippen LogP) is 3.89. The van der Waals surface area contributed by atoms with Crippen molar-refractivity contribution in [2.45, 2.75) is 19.5 Å². The van der Waals surface area contributed by atoms with E-state index < -0.39 is 5.76 Å². The van der Waals surface area contributed by atoms with Crippen LogP contribution in [0.25, 0.3) is 11.1 Å². The lowest BCUT2D eigenvalue weighted by Crippen LogP contribution is -2.32. The lowest BCUT2D eigenvalue weighted by Gasteiger charge is -2.16. The van der Waals surface area contributed by atoms with Gasteiger partial charge in [0, 0.05) is 15.6 Å². The molecule has 0 fully saturated rings. The highest BCUT2D eigenvalue weighted by atomic mass is 79.9. The molecule has 0 saturated heterocycles. The van der Waals surface area contributed by atoms with Crippen LogP contribution in [-0.2, 0) is 11.3 Å². The van der Waals surface area contributed by atoms with Gasteiger partial charge in [-0.15, -0.1) is 0 Å². The summed E-state index contributed by atoms with van der Waals surface area (Å²) in [5, 5.41) is 3.35. The Bertz CT molecular complexity index is 964. The van der Waals surface area contributed by atoms with Crippen LogP contribution in [0.2, 0.25) is 5.02 Å². The molecule has 0 aliphatic rings. The van der Waals surface area contributed by atoms with E-state index >= 15 is 0 Å². The summed E-state index contributed by atoms with van der Waals surface area (Å²) in [6.45, 7) is 1.76. The normalized spacial score (nSPS) is 12.3. The van der Waals surface area contributed by atoms with Crippen LogP contribution >= 0.6 is 27.5 Å². The SMILES string of the molecule is C[C@H](NC(=O)Cn1c(=O)oc2cc(Cl)ccc21)c1ccccc1Br. The second kappa shape index (κ2) is 6.83. The van der Waals surface area contributed by atoms with Crippen molar-refractivity contribution in [3.63, 3.8) is 0 Å². The topological polar surface area (TPSA) is 64.2 Å². The largest absolute Gasteiger partial charge is 0.420 e. The molecule has 0 bridgehead atoms. The third-order valence-corrected chi connectivity index (χ3v) is 4.64. The Morgan fingerprint density at radius 2 is 2.08 bits per heavy atom. The zero-order valence-electron chi connectivity index (χ0n) is 12.8. The Morgan fingerprint density at radius 1 is 1.33 bits per heavy atom. The Kier molecular flexibility index (Phi) is 4.78. The van der Waals surface area contributed by atoms with E-state index in [2.05, 4.69) is 21.2 Å². The van der Waals surface area contributed by atoms with Gasteiger partial charge in [-0.25, -0.2) is 4.79 Å². The van der Waals surface area contributed by atoms with Crippen LogP contribution in [-0.4, -0.2) is 10.5 Å². The number of halogens is 2. The third-order valence-electron chi connectivity index (χ3n) is 3.68. The number of benzene rings is 2. The van der Waals surface area contributed by atoms with E-state index in [0.29, 0.717) is 16.1 Å². The molecule has 1 aromatic heterocycles. The maximum Gasteiger partial charge on any atom is 0.420 e. The summed E-state index contributed by atoms with van der Waals surface area (Å²) >= 11 is 9.35. The number of carbonyl (C=O) groups excluding carboxylic acids is 1. The number of rotatable bonds is 4. The molecule has 0 saturated carbocycles. The van der Waals surface area contributed by atoms with Crippen LogP contribution in [0.3, 0.4) is 0 Å². The standard InChI is InChI=1S/C17H14BrClN2O3/c1-10(12-4-2-3-5-13(12)18)20-16(22)9-21-14-7-6-11(19)8-15(14)24-17(21)23/h2-8,10H,9H2,1H3,(H,20,22)/t10-/m0/s1. The summed E-state index contributed by atoms with van der Waals surface area (Å²) in [5.41, 5.74) is 1.86. The van der Waals surface area contributed by atoms with Gasteiger partial charge in [0.25, 0.3) is 0 Å². The Labute approximate surface area is 151 Å². The molecule has 3 rings (SSSR count). The van der Waals surface area contributed by atoms with Gasteiger partial charge in [0.2, 0.25) is 5.91 Å². The molecule has 1 heterocycles. The smallest absolute Gasteiger partial charge is 0.408 e. The maximum absolute atomic E-state index is 12.3. The maximum atomic E-state index is 12.3. The number of aromatic nitrogens is 1. The average Bonchev–Trinajstić information content (AvgIpc) is 2.82. The number of hydrogen-bond donors (Lipinski definition) is 1. The average molecular weight is 410 g/mol. The van der Waals surface area contributed by atoms with Crippen molar-refractivity contribution >= 4 is 44.5 Å². The molecule has 0 radical (unpaired) electrons. The van der Waals surface area contributed by atoms with Crippen molar-refractivity contribution in [1.29, 1.82) is 0 Å². The Hall–Kier alpha value is -2.05. The van der Waals surface area contributed by atoms with Crippen LogP contribution in [0.1, 0.15) is 18.5 Å². The summed E-state index contributed by atoms with van der Waals surface area (Å²) in [6, 6.07) is 12.3. The summed E-state index contributed by atoms with van der Waals surface area (Å²) < 4.78 is 7.33. The quantitative estimate of drug-likeness (QED) is 0.711. The van der Waals surface area contributed by atoms with Gasteiger partial charge in [0.15, 0.2) is 5.58 Å². The first-order chi connectivity index (χ1) is 11.5. The van der Waals surface area contributed by atoms with E-state index in [0.717, 1.165) is 10.0 Å². The monoisotopic (exact) mass is 408 g/mol. The van der Waals surface area contributed by atoms with E-state index in [9.17, 15) is 9.59 Å². The highest BCUT2D eigenvalue weighted by molar-refractivity contribution is 9.10. The molecule has 0 aliphatic heterocycles. The fourth-order valence-electron chi connectivity index (χ4n) is 2.52. The molecule has 7 heteroatoms. The molecule has 2 aromatic carbocycles. The highest BCUT2D eigenvalue weighted by Gasteiger charge is 2.16. The number of carbonyl (C=O) groups is 1. The number of amides is 1. The van der Waals surface area contributed by atoms with Gasteiger partial charge in [-0.1, -0.05) is 45.7 Å². The summed E-state index contributed by atoms with van der Waals surface area (Å²) in [6.07, 6.45) is 0. The first-order valence-electron chi connectivity index (χ1n) is 7.28. The number of hydrogen-bond acceptors (Lipinski definition) is 3. The minimum Gasteiger partial charge on any atom is -0.408 e. The van der Waals surface area contributed by atoms with E-state index in [1.807, 2.05) is 31.2 Å². The van der Waals surface area contributed by atoms with Gasteiger partial charge in [-0.2, -0.15) is 0 Å². The van der Waals surface area contributed by atoms with Crippen molar-refractivity contribution in [3.8, 4) is 0 Å². The van der Waals surface area contributed by atoms with Crippen LogP contribution in [0, 0.1) is 0 Å². The predicted molar refractivity (Wildman–Crippen MR) is 96.2 cm³/mol. The van der Waals surface area contributed by atoms with Crippen molar-refractivity contribution in [2.75, 3.05) is 0 Å². The molecular formula is C17H14BrClN2O3. The second-order valence-electron chi connectivity index (χ2n) is 5.38. The highest BCUT2D eigenvalue weighted by Crippen LogP contribution is 2.23. The van der Waals surface area contributed by atoms with Gasteiger partial charge < -0.3 is 9.73 Å². The molecule has 5 nitrogen and oxygen atoms in total.